The van der Waals surface area contributed by atoms with Crippen LogP contribution in [0, 0.1) is 5.95 Å². The van der Waals surface area contributed by atoms with E-state index in [1.807, 2.05) is 18.2 Å². The van der Waals surface area contributed by atoms with Gasteiger partial charge in [0.15, 0.2) is 0 Å². The first-order chi connectivity index (χ1) is 11.1. The molecule has 1 aromatic heterocycles. The van der Waals surface area contributed by atoms with Crippen LogP contribution in [-0.4, -0.2) is 24.2 Å². The van der Waals surface area contributed by atoms with Crippen molar-refractivity contribution in [3.05, 3.63) is 58.0 Å². The third-order valence-corrected chi connectivity index (χ3v) is 4.68. The fraction of sp³-hybridized carbons (Fsp3) is 0.353. The van der Waals surface area contributed by atoms with Gasteiger partial charge in [0.05, 0.1) is 22.8 Å². The zero-order valence-electron chi connectivity index (χ0n) is 12.5. The minimum absolute atomic E-state index is 0.189. The van der Waals surface area contributed by atoms with Gasteiger partial charge in [-0.05, 0) is 42.7 Å². The standard InChI is InChI=1S/C17H17Cl2FN2O/c18-14-5-4-12(10-15(14)19)11-23-13-6-8-22(9-7-13)17-3-1-2-16(20)21-17/h1-5,10,13H,6-9,11H2. The Bertz CT molecular complexity index is 675. The molecule has 0 saturated carbocycles. The summed E-state index contributed by atoms with van der Waals surface area (Å²) in [6.45, 7) is 2.13. The summed E-state index contributed by atoms with van der Waals surface area (Å²) in [6.07, 6.45) is 1.97. The second-order valence-electron chi connectivity index (χ2n) is 5.56. The van der Waals surface area contributed by atoms with E-state index >= 15 is 0 Å². The molecule has 0 aliphatic carbocycles. The van der Waals surface area contributed by atoms with Gasteiger partial charge in [0, 0.05) is 13.1 Å². The molecule has 1 aliphatic heterocycles. The molecule has 2 aromatic rings. The van der Waals surface area contributed by atoms with Crippen molar-refractivity contribution in [2.24, 2.45) is 0 Å². The van der Waals surface area contributed by atoms with Gasteiger partial charge in [0.25, 0.3) is 0 Å². The maximum Gasteiger partial charge on any atom is 0.214 e. The Balaban J connectivity index is 1.50. The van der Waals surface area contributed by atoms with Crippen LogP contribution in [0.1, 0.15) is 18.4 Å². The first-order valence-corrected chi connectivity index (χ1v) is 8.30. The van der Waals surface area contributed by atoms with Crippen LogP contribution in [0.2, 0.25) is 10.0 Å². The molecule has 2 heterocycles. The van der Waals surface area contributed by atoms with Gasteiger partial charge in [-0.3, -0.25) is 0 Å². The molecule has 0 unspecified atom stereocenters. The lowest BCUT2D eigenvalue weighted by atomic mass is 10.1. The lowest BCUT2D eigenvalue weighted by Crippen LogP contribution is -2.37. The summed E-state index contributed by atoms with van der Waals surface area (Å²) in [5.74, 6) is 0.244. The Morgan fingerprint density at radius 1 is 1.13 bits per heavy atom. The molecule has 1 aromatic carbocycles. The molecule has 6 heteroatoms. The molecule has 3 nitrogen and oxygen atoms in total. The van der Waals surface area contributed by atoms with Crippen molar-refractivity contribution in [1.82, 2.24) is 4.98 Å². The van der Waals surface area contributed by atoms with E-state index in [1.165, 1.54) is 6.07 Å². The Morgan fingerprint density at radius 2 is 1.91 bits per heavy atom. The predicted molar refractivity (Wildman–Crippen MR) is 90.7 cm³/mol. The maximum atomic E-state index is 13.2. The van der Waals surface area contributed by atoms with Crippen molar-refractivity contribution in [3.63, 3.8) is 0 Å². The van der Waals surface area contributed by atoms with Gasteiger partial charge in [-0.2, -0.15) is 4.39 Å². The van der Waals surface area contributed by atoms with Crippen molar-refractivity contribution in [3.8, 4) is 0 Å². The molecular weight excluding hydrogens is 338 g/mol. The number of nitrogens with zero attached hydrogens (tertiary/aromatic N) is 2. The average molecular weight is 355 g/mol. The van der Waals surface area contributed by atoms with Gasteiger partial charge in [0.1, 0.15) is 5.82 Å². The van der Waals surface area contributed by atoms with Gasteiger partial charge in [-0.25, -0.2) is 4.98 Å². The molecule has 0 bridgehead atoms. The van der Waals surface area contributed by atoms with Crippen LogP contribution < -0.4 is 4.90 Å². The molecule has 1 fully saturated rings. The number of benzene rings is 1. The normalized spacial score (nSPS) is 15.9. The fourth-order valence-corrected chi connectivity index (χ4v) is 2.99. The van der Waals surface area contributed by atoms with Crippen LogP contribution in [0.25, 0.3) is 0 Å². The highest BCUT2D eigenvalue weighted by molar-refractivity contribution is 6.42. The average Bonchev–Trinajstić information content (AvgIpc) is 2.56. The number of rotatable bonds is 4. The van der Waals surface area contributed by atoms with Crippen molar-refractivity contribution >= 4 is 29.0 Å². The number of ether oxygens (including phenoxy) is 1. The molecular formula is C17H17Cl2FN2O. The van der Waals surface area contributed by atoms with E-state index in [0.717, 1.165) is 31.5 Å². The summed E-state index contributed by atoms with van der Waals surface area (Å²) in [5.41, 5.74) is 1.01. The summed E-state index contributed by atoms with van der Waals surface area (Å²) in [6, 6.07) is 10.4. The van der Waals surface area contributed by atoms with Crippen molar-refractivity contribution in [1.29, 1.82) is 0 Å². The summed E-state index contributed by atoms with van der Waals surface area (Å²) in [4.78, 5) is 6.01. The third-order valence-electron chi connectivity index (χ3n) is 3.94. The lowest BCUT2D eigenvalue weighted by Gasteiger charge is -2.32. The van der Waals surface area contributed by atoms with Crippen molar-refractivity contribution in [2.75, 3.05) is 18.0 Å². The number of pyridine rings is 1. The minimum Gasteiger partial charge on any atom is -0.373 e. The Hall–Kier alpha value is -1.36. The first-order valence-electron chi connectivity index (χ1n) is 7.55. The van der Waals surface area contributed by atoms with Crippen molar-refractivity contribution < 1.29 is 9.13 Å². The van der Waals surface area contributed by atoms with E-state index in [0.29, 0.717) is 22.5 Å². The molecule has 1 aliphatic rings. The molecule has 0 N–H and O–H groups in total. The number of piperidine rings is 1. The topological polar surface area (TPSA) is 25.4 Å². The minimum atomic E-state index is -0.444. The van der Waals surface area contributed by atoms with Gasteiger partial charge >= 0.3 is 0 Å². The molecule has 1 saturated heterocycles. The second kappa shape index (κ2) is 7.47. The van der Waals surface area contributed by atoms with E-state index in [9.17, 15) is 4.39 Å². The number of hydrogen-bond donors (Lipinski definition) is 0. The molecule has 23 heavy (non-hydrogen) atoms. The van der Waals surface area contributed by atoms with E-state index < -0.39 is 5.95 Å². The van der Waals surface area contributed by atoms with E-state index in [-0.39, 0.29) is 6.10 Å². The smallest absolute Gasteiger partial charge is 0.214 e. The Kier molecular flexibility index (Phi) is 5.36. The van der Waals surface area contributed by atoms with E-state index in [2.05, 4.69) is 9.88 Å². The summed E-state index contributed by atoms with van der Waals surface area (Å²) in [7, 11) is 0. The zero-order valence-corrected chi connectivity index (χ0v) is 14.0. The third kappa shape index (κ3) is 4.34. The highest BCUT2D eigenvalue weighted by Crippen LogP contribution is 2.24. The summed E-state index contributed by atoms with van der Waals surface area (Å²) < 4.78 is 19.1. The largest absolute Gasteiger partial charge is 0.373 e. The number of aromatic nitrogens is 1. The van der Waals surface area contributed by atoms with Crippen LogP contribution in [0.4, 0.5) is 10.2 Å². The van der Waals surface area contributed by atoms with E-state index in [4.69, 9.17) is 27.9 Å². The highest BCUT2D eigenvalue weighted by Gasteiger charge is 2.21. The molecule has 0 atom stereocenters. The summed E-state index contributed by atoms with van der Waals surface area (Å²) >= 11 is 11.9. The van der Waals surface area contributed by atoms with Crippen LogP contribution in [-0.2, 0) is 11.3 Å². The molecule has 122 valence electrons. The number of anilines is 1. The van der Waals surface area contributed by atoms with Crippen LogP contribution in [0.5, 0.6) is 0 Å². The van der Waals surface area contributed by atoms with Gasteiger partial charge < -0.3 is 9.64 Å². The van der Waals surface area contributed by atoms with Crippen LogP contribution in [0.15, 0.2) is 36.4 Å². The highest BCUT2D eigenvalue weighted by atomic mass is 35.5. The van der Waals surface area contributed by atoms with Crippen molar-refractivity contribution in [2.45, 2.75) is 25.6 Å². The molecule has 0 radical (unpaired) electrons. The van der Waals surface area contributed by atoms with E-state index in [1.54, 1.807) is 12.1 Å². The SMILES string of the molecule is Fc1cccc(N2CCC(OCc3ccc(Cl)c(Cl)c3)CC2)n1. The maximum absolute atomic E-state index is 13.2. The zero-order chi connectivity index (χ0) is 16.2. The number of halogens is 3. The first kappa shape index (κ1) is 16.5. The van der Waals surface area contributed by atoms with Crippen LogP contribution in [0.3, 0.4) is 0 Å². The van der Waals surface area contributed by atoms with Gasteiger partial charge in [0.2, 0.25) is 5.95 Å². The summed E-state index contributed by atoms with van der Waals surface area (Å²) in [5, 5.41) is 1.09. The molecule has 0 spiro atoms. The quantitative estimate of drug-likeness (QED) is 0.743. The van der Waals surface area contributed by atoms with Gasteiger partial charge in [-0.1, -0.05) is 35.3 Å². The Labute approximate surface area is 145 Å². The molecule has 0 amide bonds. The van der Waals surface area contributed by atoms with Gasteiger partial charge in [-0.15, -0.1) is 0 Å². The number of hydrogen-bond acceptors (Lipinski definition) is 3. The second-order valence-corrected chi connectivity index (χ2v) is 6.38. The molecule has 3 rings (SSSR count). The predicted octanol–water partition coefficient (Wildman–Crippen LogP) is 4.71. The fourth-order valence-electron chi connectivity index (χ4n) is 2.67. The lowest BCUT2D eigenvalue weighted by molar-refractivity contribution is 0.0250. The van der Waals surface area contributed by atoms with Crippen LogP contribution >= 0.6 is 23.2 Å². The monoisotopic (exact) mass is 354 g/mol. The Morgan fingerprint density at radius 3 is 2.61 bits per heavy atom.